The predicted molar refractivity (Wildman–Crippen MR) is 222 cm³/mol. The number of likely N-dealkylation sites (tertiary alicyclic amines) is 1. The smallest absolute Gasteiger partial charge is 0.410 e. The number of rotatable bonds is 10. The van der Waals surface area contributed by atoms with Crippen LogP contribution in [0.4, 0.5) is 16.2 Å². The molecule has 4 aliphatic heterocycles. The number of carbonyl (C=O) groups is 5. The highest BCUT2D eigenvalue weighted by Gasteiger charge is 2.42. The summed E-state index contributed by atoms with van der Waals surface area (Å²) in [4.78, 5) is 65.3. The molecule has 3 amide bonds. The van der Waals surface area contributed by atoms with E-state index in [1.165, 1.54) is 25.0 Å². The number of esters is 2. The van der Waals surface area contributed by atoms with Crippen molar-refractivity contribution in [3.8, 4) is 0 Å². The Morgan fingerprint density at radius 3 is 1.98 bits per heavy atom. The van der Waals surface area contributed by atoms with Gasteiger partial charge in [-0.2, -0.15) is 0 Å². The topological polar surface area (TPSA) is 135 Å². The highest BCUT2D eigenvalue weighted by molar-refractivity contribution is 5.95. The zero-order chi connectivity index (χ0) is 41.5. The van der Waals surface area contributed by atoms with E-state index in [2.05, 4.69) is 43.1 Å². The van der Waals surface area contributed by atoms with Crippen LogP contribution in [-0.4, -0.2) is 85.2 Å². The Morgan fingerprint density at radius 2 is 1.36 bits per heavy atom. The summed E-state index contributed by atoms with van der Waals surface area (Å²) in [5.41, 5.74) is 7.50. The van der Waals surface area contributed by atoms with Crippen LogP contribution >= 0.6 is 0 Å². The van der Waals surface area contributed by atoms with Crippen LogP contribution in [0.15, 0.2) is 73.3 Å². The molecule has 4 aliphatic rings. The second-order valence-electron chi connectivity index (χ2n) is 15.8. The molecule has 308 valence electrons. The van der Waals surface area contributed by atoms with Gasteiger partial charge in [-0.05, 0) is 65.3 Å². The molecule has 12 nitrogen and oxygen atoms in total. The van der Waals surface area contributed by atoms with Crippen LogP contribution in [0.25, 0.3) is 6.08 Å². The molecular formula is C46H56N4O8. The van der Waals surface area contributed by atoms with Gasteiger partial charge in [0.15, 0.2) is 0 Å². The van der Waals surface area contributed by atoms with Gasteiger partial charge in [-0.15, -0.1) is 0 Å². The van der Waals surface area contributed by atoms with Crippen molar-refractivity contribution in [3.63, 3.8) is 0 Å². The minimum atomic E-state index is -0.426. The fraction of sp³-hybridized carbons (Fsp3) is 0.457. The number of aryl methyl sites for hydroxylation is 1. The number of fused-ring (bicyclic) bond motifs is 2. The van der Waals surface area contributed by atoms with E-state index in [4.69, 9.17) is 14.2 Å². The van der Waals surface area contributed by atoms with Crippen LogP contribution in [0, 0.1) is 0 Å². The lowest BCUT2D eigenvalue weighted by atomic mass is 9.91. The quantitative estimate of drug-likeness (QED) is 0.172. The number of carbonyl (C=O) groups excluding carboxylic acids is 5. The van der Waals surface area contributed by atoms with E-state index in [-0.39, 0.29) is 54.5 Å². The molecule has 0 saturated carbocycles. The van der Waals surface area contributed by atoms with E-state index in [1.807, 2.05) is 47.4 Å². The molecule has 0 bridgehead atoms. The molecule has 7 rings (SSSR count). The summed E-state index contributed by atoms with van der Waals surface area (Å²) in [5, 5.41) is 3.46. The second-order valence-corrected chi connectivity index (χ2v) is 15.8. The van der Waals surface area contributed by atoms with Crippen molar-refractivity contribution >= 4 is 47.3 Å². The summed E-state index contributed by atoms with van der Waals surface area (Å²) in [5.74, 6) is -0.122. The SMILES string of the molecule is C=Cc1ccc2c(c1)[C@@H](C[C@@H]1C[C@H](OC(C)=O)CN1C(=O)OCc1ccccc1)CN2C(C)=O.CCc1ccc2c(c1)[C@@H](C[C@@H]1C[C@H](OC(C)=O)CN1)CN2C(C)=O. The molecule has 12 heteroatoms. The molecule has 3 aromatic rings. The Kier molecular flexibility index (Phi) is 13.7. The van der Waals surface area contributed by atoms with E-state index in [0.29, 0.717) is 37.9 Å². The van der Waals surface area contributed by atoms with Gasteiger partial charge in [0, 0.05) is 95.5 Å². The molecule has 6 atom stereocenters. The number of hydrogen-bond donors (Lipinski definition) is 1. The second kappa shape index (κ2) is 18.8. The van der Waals surface area contributed by atoms with Gasteiger partial charge in [-0.1, -0.05) is 68.1 Å². The standard InChI is InChI=1S/C27H30N2O5.C19H26N2O3/c1-4-20-10-11-26-25(12-20)22(15-28(26)18(2)30)13-23-14-24(34-19(3)31)16-29(23)27(32)33-17-21-8-6-5-7-9-21;1-4-14-5-6-19-18(7-14)15(11-21(19)12(2)22)8-16-9-17(10-20-16)24-13(3)23/h4-12,22-24H,1,13-17H2,2-3H3;5-7,15-17,20H,4,8-11H2,1-3H3/t22-,23+,24-;15-,16+,17-/m00/s1. The minimum Gasteiger partial charge on any atom is -0.461 e. The van der Waals surface area contributed by atoms with Gasteiger partial charge in [-0.25, -0.2) is 4.79 Å². The molecular weight excluding hydrogens is 737 g/mol. The maximum atomic E-state index is 13.0. The van der Waals surface area contributed by atoms with Gasteiger partial charge in [0.05, 0.1) is 6.54 Å². The van der Waals surface area contributed by atoms with Crippen LogP contribution in [0.3, 0.4) is 0 Å². The molecule has 3 aromatic carbocycles. The lowest BCUT2D eigenvalue weighted by Crippen LogP contribution is -2.38. The number of anilines is 2. The third-order valence-electron chi connectivity index (χ3n) is 11.6. The van der Waals surface area contributed by atoms with Crippen LogP contribution < -0.4 is 15.1 Å². The van der Waals surface area contributed by atoms with Crippen LogP contribution in [0.1, 0.15) is 100.0 Å². The first-order chi connectivity index (χ1) is 27.8. The average molecular weight is 793 g/mol. The first-order valence-electron chi connectivity index (χ1n) is 20.3. The third kappa shape index (κ3) is 10.1. The van der Waals surface area contributed by atoms with E-state index in [1.54, 1.807) is 29.7 Å². The molecule has 0 aromatic heterocycles. The summed E-state index contributed by atoms with van der Waals surface area (Å²) in [7, 11) is 0. The zero-order valence-corrected chi connectivity index (χ0v) is 34.3. The number of ether oxygens (including phenoxy) is 3. The van der Waals surface area contributed by atoms with E-state index >= 15 is 0 Å². The summed E-state index contributed by atoms with van der Waals surface area (Å²) < 4.78 is 16.3. The average Bonchev–Trinajstić information content (AvgIpc) is 3.99. The van der Waals surface area contributed by atoms with Gasteiger partial charge in [-0.3, -0.25) is 19.2 Å². The molecule has 0 aliphatic carbocycles. The van der Waals surface area contributed by atoms with Gasteiger partial charge in [0.2, 0.25) is 11.8 Å². The normalized spacial score (nSPS) is 23.0. The van der Waals surface area contributed by atoms with Crippen LogP contribution in [0.2, 0.25) is 0 Å². The van der Waals surface area contributed by atoms with Crippen LogP contribution in [-0.2, 0) is 46.4 Å². The predicted octanol–water partition coefficient (Wildman–Crippen LogP) is 6.90. The molecule has 58 heavy (non-hydrogen) atoms. The van der Waals surface area contributed by atoms with Crippen molar-refractivity contribution < 1.29 is 38.2 Å². The summed E-state index contributed by atoms with van der Waals surface area (Å²) in [6.45, 7) is 14.5. The molecule has 4 heterocycles. The summed E-state index contributed by atoms with van der Waals surface area (Å²) in [6.07, 6.45) is 4.92. The van der Waals surface area contributed by atoms with Crippen molar-refractivity contribution in [1.29, 1.82) is 0 Å². The monoisotopic (exact) mass is 792 g/mol. The number of amides is 3. The molecule has 0 radical (unpaired) electrons. The molecule has 0 unspecified atom stereocenters. The fourth-order valence-electron chi connectivity index (χ4n) is 8.90. The van der Waals surface area contributed by atoms with E-state index in [0.717, 1.165) is 60.4 Å². The van der Waals surface area contributed by atoms with E-state index in [9.17, 15) is 24.0 Å². The Morgan fingerprint density at radius 1 is 0.741 bits per heavy atom. The Bertz CT molecular complexity index is 2000. The van der Waals surface area contributed by atoms with Crippen molar-refractivity contribution in [2.45, 2.75) is 109 Å². The van der Waals surface area contributed by atoms with Crippen molar-refractivity contribution in [1.82, 2.24) is 10.2 Å². The van der Waals surface area contributed by atoms with E-state index < -0.39 is 6.09 Å². The Hall–Kier alpha value is -5.49. The summed E-state index contributed by atoms with van der Waals surface area (Å²) >= 11 is 0. The van der Waals surface area contributed by atoms with Crippen LogP contribution in [0.5, 0.6) is 0 Å². The third-order valence-corrected chi connectivity index (χ3v) is 11.6. The lowest BCUT2D eigenvalue weighted by molar-refractivity contribution is -0.146. The molecule has 0 spiro atoms. The lowest BCUT2D eigenvalue weighted by Gasteiger charge is -2.26. The van der Waals surface area contributed by atoms with Gasteiger partial charge in [0.25, 0.3) is 0 Å². The first-order valence-corrected chi connectivity index (χ1v) is 20.3. The molecule has 1 N–H and O–H groups in total. The number of hydrogen-bond acceptors (Lipinski definition) is 9. The first kappa shape index (κ1) is 42.1. The number of nitrogens with zero attached hydrogens (tertiary/aromatic N) is 3. The minimum absolute atomic E-state index is 0.0153. The summed E-state index contributed by atoms with van der Waals surface area (Å²) in [6, 6.07) is 22.1. The molecule has 2 saturated heterocycles. The van der Waals surface area contributed by atoms with Crippen molar-refractivity contribution in [2.75, 3.05) is 36.0 Å². The fourth-order valence-corrected chi connectivity index (χ4v) is 8.90. The largest absolute Gasteiger partial charge is 0.461 e. The Labute approximate surface area is 341 Å². The maximum Gasteiger partial charge on any atom is 0.410 e. The molecule has 2 fully saturated rings. The highest BCUT2D eigenvalue weighted by atomic mass is 16.6. The highest BCUT2D eigenvalue weighted by Crippen LogP contribution is 2.43. The van der Waals surface area contributed by atoms with Gasteiger partial charge >= 0.3 is 18.0 Å². The van der Waals surface area contributed by atoms with Crippen molar-refractivity contribution in [2.24, 2.45) is 0 Å². The zero-order valence-electron chi connectivity index (χ0n) is 34.3. The van der Waals surface area contributed by atoms with Gasteiger partial charge < -0.3 is 34.2 Å². The van der Waals surface area contributed by atoms with Gasteiger partial charge in [0.1, 0.15) is 18.8 Å². The maximum absolute atomic E-state index is 13.0. The number of benzene rings is 3. The Balaban J connectivity index is 0.000000208. The van der Waals surface area contributed by atoms with Crippen molar-refractivity contribution in [3.05, 3.63) is 101 Å². The number of nitrogens with one attached hydrogen (secondary N) is 1.